The molecule has 4 rings (SSSR count). The van der Waals surface area contributed by atoms with Crippen molar-refractivity contribution < 1.29 is 9.53 Å². The molecule has 0 radical (unpaired) electrons. The lowest BCUT2D eigenvalue weighted by Gasteiger charge is -2.01. The highest BCUT2D eigenvalue weighted by atomic mass is 32.1. The molecule has 0 aliphatic heterocycles. The lowest BCUT2D eigenvalue weighted by atomic mass is 10.1. The molecule has 0 unspecified atom stereocenters. The number of rotatable bonds is 3. The summed E-state index contributed by atoms with van der Waals surface area (Å²) in [4.78, 5) is 17.5. The molecule has 0 bridgehead atoms. The summed E-state index contributed by atoms with van der Waals surface area (Å²) >= 11 is 1.49. The highest BCUT2D eigenvalue weighted by Crippen LogP contribution is 2.22. The maximum Gasteiger partial charge on any atom is 0.252 e. The minimum absolute atomic E-state index is 0.144. The molecule has 0 aliphatic rings. The van der Waals surface area contributed by atoms with E-state index in [1.54, 1.807) is 7.11 Å². The number of aryl methyl sites for hydroxylation is 1. The van der Waals surface area contributed by atoms with Crippen molar-refractivity contribution in [1.82, 2.24) is 4.57 Å². The first-order valence-electron chi connectivity index (χ1n) is 8.33. The van der Waals surface area contributed by atoms with Crippen molar-refractivity contribution in [2.45, 2.75) is 6.42 Å². The summed E-state index contributed by atoms with van der Waals surface area (Å²) in [5.41, 5.74) is 2.01. The zero-order chi connectivity index (χ0) is 18.1. The van der Waals surface area contributed by atoms with Crippen LogP contribution in [0.4, 0.5) is 0 Å². The zero-order valence-electron chi connectivity index (χ0n) is 14.6. The summed E-state index contributed by atoms with van der Waals surface area (Å²) in [6.07, 6.45) is 0.294. The minimum atomic E-state index is -0.144. The molecule has 0 atom stereocenters. The molecular formula is C21H18N2O2S. The number of hydrogen-bond acceptors (Lipinski definition) is 3. The minimum Gasteiger partial charge on any atom is -0.497 e. The van der Waals surface area contributed by atoms with E-state index in [0.29, 0.717) is 11.2 Å². The normalized spacial score (nSPS) is 12.0. The third-order valence-corrected chi connectivity index (χ3v) is 5.50. The van der Waals surface area contributed by atoms with Crippen LogP contribution in [0.5, 0.6) is 5.75 Å². The van der Waals surface area contributed by atoms with E-state index in [0.717, 1.165) is 26.9 Å². The maximum atomic E-state index is 12.5. The van der Waals surface area contributed by atoms with E-state index < -0.39 is 0 Å². The van der Waals surface area contributed by atoms with Crippen LogP contribution in [-0.4, -0.2) is 17.6 Å². The van der Waals surface area contributed by atoms with Crippen LogP contribution in [-0.2, 0) is 18.3 Å². The van der Waals surface area contributed by atoms with Gasteiger partial charge in [0, 0.05) is 7.05 Å². The molecule has 4 nitrogen and oxygen atoms in total. The lowest BCUT2D eigenvalue weighted by molar-refractivity contribution is -0.117. The monoisotopic (exact) mass is 362 g/mol. The van der Waals surface area contributed by atoms with Gasteiger partial charge >= 0.3 is 0 Å². The highest BCUT2D eigenvalue weighted by molar-refractivity contribution is 7.16. The number of methoxy groups -OCH3 is 1. The molecule has 1 amide bonds. The molecule has 1 heterocycles. The van der Waals surface area contributed by atoms with Crippen molar-refractivity contribution in [2.75, 3.05) is 7.11 Å². The quantitative estimate of drug-likeness (QED) is 0.551. The Balaban J connectivity index is 1.65. The third-order valence-electron chi connectivity index (χ3n) is 4.41. The Morgan fingerprint density at radius 2 is 1.88 bits per heavy atom. The second-order valence-electron chi connectivity index (χ2n) is 6.14. The molecule has 0 N–H and O–H groups in total. The molecule has 26 heavy (non-hydrogen) atoms. The van der Waals surface area contributed by atoms with E-state index in [4.69, 9.17) is 4.74 Å². The van der Waals surface area contributed by atoms with Gasteiger partial charge in [-0.1, -0.05) is 53.8 Å². The Bertz CT molecular complexity index is 1190. The van der Waals surface area contributed by atoms with E-state index >= 15 is 0 Å². The summed E-state index contributed by atoms with van der Waals surface area (Å²) in [5, 5.41) is 2.31. The summed E-state index contributed by atoms with van der Waals surface area (Å²) in [6, 6.07) is 20.1. The van der Waals surface area contributed by atoms with Gasteiger partial charge in [-0.3, -0.25) is 4.79 Å². The van der Waals surface area contributed by atoms with Crippen molar-refractivity contribution >= 4 is 38.2 Å². The molecule has 130 valence electrons. The van der Waals surface area contributed by atoms with E-state index in [9.17, 15) is 4.79 Å². The fourth-order valence-electron chi connectivity index (χ4n) is 3.02. The molecule has 0 saturated carbocycles. The summed E-state index contributed by atoms with van der Waals surface area (Å²) < 4.78 is 8.25. The Morgan fingerprint density at radius 3 is 2.69 bits per heavy atom. The van der Waals surface area contributed by atoms with Crippen molar-refractivity contribution in [2.24, 2.45) is 12.0 Å². The predicted molar refractivity (Wildman–Crippen MR) is 106 cm³/mol. The van der Waals surface area contributed by atoms with Gasteiger partial charge < -0.3 is 9.30 Å². The van der Waals surface area contributed by atoms with E-state index in [1.807, 2.05) is 54.1 Å². The Morgan fingerprint density at radius 1 is 1.08 bits per heavy atom. The summed E-state index contributed by atoms with van der Waals surface area (Å²) in [5.74, 6) is 0.655. The number of carbonyl (C=O) groups is 1. The number of nitrogens with zero attached hydrogens (tertiary/aromatic N) is 2. The molecule has 3 aromatic carbocycles. The largest absolute Gasteiger partial charge is 0.497 e. The van der Waals surface area contributed by atoms with Gasteiger partial charge in [-0.05, 0) is 34.5 Å². The number of fused-ring (bicyclic) bond motifs is 2. The lowest BCUT2D eigenvalue weighted by Crippen LogP contribution is -2.14. The van der Waals surface area contributed by atoms with Gasteiger partial charge in [-0.25, -0.2) is 0 Å². The molecule has 0 fully saturated rings. The van der Waals surface area contributed by atoms with E-state index in [2.05, 4.69) is 23.2 Å². The first-order valence-corrected chi connectivity index (χ1v) is 9.14. The number of benzene rings is 3. The van der Waals surface area contributed by atoms with Crippen molar-refractivity contribution in [3.8, 4) is 5.75 Å². The standard InChI is InChI=1S/C21H18N2O2S/c1-23-18-10-9-17(25-2)13-19(18)26-21(23)22-20(24)12-14-7-8-15-5-3-4-6-16(15)11-14/h3-11,13H,12H2,1-2H3. The van der Waals surface area contributed by atoms with E-state index in [-0.39, 0.29) is 5.91 Å². The van der Waals surface area contributed by atoms with Crippen molar-refractivity contribution in [3.05, 3.63) is 71.0 Å². The van der Waals surface area contributed by atoms with E-state index in [1.165, 1.54) is 16.7 Å². The Kier molecular flexibility index (Phi) is 4.31. The fraction of sp³-hybridized carbons (Fsp3) is 0.143. The van der Waals surface area contributed by atoms with Crippen LogP contribution in [0, 0.1) is 0 Å². The molecular weight excluding hydrogens is 344 g/mol. The van der Waals surface area contributed by atoms with Gasteiger partial charge in [0.25, 0.3) is 5.91 Å². The Hall–Kier alpha value is -2.92. The van der Waals surface area contributed by atoms with Gasteiger partial charge in [0.05, 0.1) is 23.7 Å². The second-order valence-corrected chi connectivity index (χ2v) is 7.15. The molecule has 5 heteroatoms. The van der Waals surface area contributed by atoms with Gasteiger partial charge in [-0.2, -0.15) is 4.99 Å². The van der Waals surface area contributed by atoms with Gasteiger partial charge in [0.2, 0.25) is 0 Å². The van der Waals surface area contributed by atoms with Crippen LogP contribution in [0.3, 0.4) is 0 Å². The number of thiazole rings is 1. The summed E-state index contributed by atoms with van der Waals surface area (Å²) in [7, 11) is 3.57. The topological polar surface area (TPSA) is 43.6 Å². The van der Waals surface area contributed by atoms with Crippen molar-refractivity contribution in [3.63, 3.8) is 0 Å². The molecule has 0 saturated heterocycles. The van der Waals surface area contributed by atoms with Crippen molar-refractivity contribution in [1.29, 1.82) is 0 Å². The van der Waals surface area contributed by atoms with Crippen LogP contribution in [0.2, 0.25) is 0 Å². The second kappa shape index (κ2) is 6.77. The van der Waals surface area contributed by atoms with Crippen LogP contribution < -0.4 is 9.54 Å². The van der Waals surface area contributed by atoms with Crippen LogP contribution in [0.1, 0.15) is 5.56 Å². The summed E-state index contributed by atoms with van der Waals surface area (Å²) in [6.45, 7) is 0. The average molecular weight is 362 g/mol. The average Bonchev–Trinajstić information content (AvgIpc) is 2.96. The number of hydrogen-bond donors (Lipinski definition) is 0. The highest BCUT2D eigenvalue weighted by Gasteiger charge is 2.07. The molecule has 0 spiro atoms. The van der Waals surface area contributed by atoms with Crippen LogP contribution in [0.15, 0.2) is 65.7 Å². The number of amides is 1. The predicted octanol–water partition coefficient (Wildman–Crippen LogP) is 4.07. The van der Waals surface area contributed by atoms with Gasteiger partial charge in [0.1, 0.15) is 5.75 Å². The number of ether oxygens (including phenoxy) is 1. The first-order chi connectivity index (χ1) is 12.6. The van der Waals surface area contributed by atoms with Crippen LogP contribution in [0.25, 0.3) is 21.0 Å². The Labute approximate surface area is 155 Å². The zero-order valence-corrected chi connectivity index (χ0v) is 15.4. The smallest absolute Gasteiger partial charge is 0.252 e. The first kappa shape index (κ1) is 16.5. The maximum absolute atomic E-state index is 12.5. The third kappa shape index (κ3) is 3.13. The van der Waals surface area contributed by atoms with Gasteiger partial charge in [0.15, 0.2) is 4.80 Å². The SMILES string of the molecule is COc1ccc2c(c1)sc(=NC(=O)Cc1ccc3ccccc3c1)n2C. The van der Waals surface area contributed by atoms with Crippen LogP contribution >= 0.6 is 11.3 Å². The number of carbonyl (C=O) groups excluding carboxylic acids is 1. The molecule has 1 aromatic heterocycles. The molecule has 4 aromatic rings. The fourth-order valence-corrected chi connectivity index (χ4v) is 4.08. The van der Waals surface area contributed by atoms with Gasteiger partial charge in [-0.15, -0.1) is 0 Å². The number of aromatic nitrogens is 1. The molecule has 0 aliphatic carbocycles.